The molecule has 0 amide bonds. The van der Waals surface area contributed by atoms with E-state index in [0.29, 0.717) is 11.6 Å². The predicted molar refractivity (Wildman–Crippen MR) is 64.8 cm³/mol. The molecule has 1 aromatic rings. The second kappa shape index (κ2) is 4.73. The Morgan fingerprint density at radius 1 is 1.47 bits per heavy atom. The van der Waals surface area contributed by atoms with Crippen molar-refractivity contribution < 1.29 is 4.74 Å². The van der Waals surface area contributed by atoms with E-state index >= 15 is 0 Å². The average molecular weight is 229 g/mol. The van der Waals surface area contributed by atoms with Crippen LogP contribution < -0.4 is 15.8 Å². The van der Waals surface area contributed by atoms with Crippen molar-refractivity contribution in [3.05, 3.63) is 23.2 Å². The molecule has 0 aliphatic heterocycles. The molecule has 0 fully saturated rings. The van der Waals surface area contributed by atoms with Gasteiger partial charge in [-0.3, -0.25) is 0 Å². The number of rotatable bonds is 4. The molecule has 4 heteroatoms. The predicted octanol–water partition coefficient (Wildman–Crippen LogP) is 2.50. The maximum Gasteiger partial charge on any atom is 0.120 e. The van der Waals surface area contributed by atoms with Crippen LogP contribution in [-0.2, 0) is 0 Å². The number of ether oxygens (including phenoxy) is 1. The van der Waals surface area contributed by atoms with Gasteiger partial charge in [-0.1, -0.05) is 11.6 Å². The second-order valence-electron chi connectivity index (χ2n) is 4.06. The Morgan fingerprint density at radius 3 is 2.60 bits per heavy atom. The Balaban J connectivity index is 2.87. The molecular formula is C11H17ClN2O. The van der Waals surface area contributed by atoms with Crippen LogP contribution >= 0.6 is 11.6 Å². The third kappa shape index (κ3) is 3.29. The molecule has 0 spiro atoms. The summed E-state index contributed by atoms with van der Waals surface area (Å²) in [6, 6.07) is 5.52. The van der Waals surface area contributed by atoms with Crippen molar-refractivity contribution in [2.24, 2.45) is 5.73 Å². The van der Waals surface area contributed by atoms with E-state index in [1.807, 2.05) is 26.0 Å². The number of anilines is 1. The van der Waals surface area contributed by atoms with Gasteiger partial charge in [-0.25, -0.2) is 0 Å². The zero-order chi connectivity index (χ0) is 11.5. The molecule has 1 rings (SSSR count). The maximum atomic E-state index is 6.09. The first-order chi connectivity index (χ1) is 6.98. The van der Waals surface area contributed by atoms with Crippen molar-refractivity contribution in [2.45, 2.75) is 19.4 Å². The highest BCUT2D eigenvalue weighted by atomic mass is 35.5. The lowest BCUT2D eigenvalue weighted by molar-refractivity contribution is 0.415. The fourth-order valence-electron chi connectivity index (χ4n) is 1.14. The highest BCUT2D eigenvalue weighted by Gasteiger charge is 2.16. The van der Waals surface area contributed by atoms with Crippen LogP contribution in [0.3, 0.4) is 0 Å². The van der Waals surface area contributed by atoms with Crippen LogP contribution in [0.5, 0.6) is 5.75 Å². The van der Waals surface area contributed by atoms with Gasteiger partial charge in [0.1, 0.15) is 5.75 Å². The van der Waals surface area contributed by atoms with Crippen molar-refractivity contribution in [2.75, 3.05) is 19.0 Å². The monoisotopic (exact) mass is 228 g/mol. The molecule has 0 aromatic heterocycles. The number of hydrogen-bond acceptors (Lipinski definition) is 3. The highest BCUT2D eigenvalue weighted by Crippen LogP contribution is 2.28. The Bertz CT molecular complexity index is 339. The first-order valence-corrected chi connectivity index (χ1v) is 5.18. The van der Waals surface area contributed by atoms with E-state index < -0.39 is 0 Å². The van der Waals surface area contributed by atoms with Gasteiger partial charge in [-0.2, -0.15) is 0 Å². The lowest BCUT2D eigenvalue weighted by Crippen LogP contribution is -2.39. The number of halogens is 1. The zero-order valence-electron chi connectivity index (χ0n) is 9.30. The standard InChI is InChI=1S/C11H17ClN2O/c1-11(2,7-13)14-10-5-4-8(15-3)6-9(10)12/h4-6,14H,7,13H2,1-3H3. The molecule has 0 unspecified atom stereocenters. The summed E-state index contributed by atoms with van der Waals surface area (Å²) >= 11 is 6.09. The fraction of sp³-hybridized carbons (Fsp3) is 0.455. The summed E-state index contributed by atoms with van der Waals surface area (Å²) in [5.74, 6) is 0.746. The first-order valence-electron chi connectivity index (χ1n) is 4.80. The van der Waals surface area contributed by atoms with Gasteiger partial charge in [0.25, 0.3) is 0 Å². The van der Waals surface area contributed by atoms with E-state index in [0.717, 1.165) is 11.4 Å². The lowest BCUT2D eigenvalue weighted by Gasteiger charge is -2.26. The van der Waals surface area contributed by atoms with Crippen molar-refractivity contribution in [3.63, 3.8) is 0 Å². The van der Waals surface area contributed by atoms with Gasteiger partial charge in [0.2, 0.25) is 0 Å². The van der Waals surface area contributed by atoms with E-state index in [1.165, 1.54) is 0 Å². The molecule has 0 saturated heterocycles. The molecule has 15 heavy (non-hydrogen) atoms. The molecule has 0 radical (unpaired) electrons. The summed E-state index contributed by atoms with van der Waals surface area (Å²) in [6.07, 6.45) is 0. The first kappa shape index (κ1) is 12.1. The molecule has 3 N–H and O–H groups in total. The lowest BCUT2D eigenvalue weighted by atomic mass is 10.1. The fourth-order valence-corrected chi connectivity index (χ4v) is 1.36. The summed E-state index contributed by atoms with van der Waals surface area (Å²) in [4.78, 5) is 0. The van der Waals surface area contributed by atoms with Crippen molar-refractivity contribution >= 4 is 17.3 Å². The van der Waals surface area contributed by atoms with Crippen LogP contribution in [0.1, 0.15) is 13.8 Å². The van der Waals surface area contributed by atoms with Crippen LogP contribution in [0.25, 0.3) is 0 Å². The van der Waals surface area contributed by atoms with Crippen molar-refractivity contribution in [3.8, 4) is 5.75 Å². The minimum Gasteiger partial charge on any atom is -0.497 e. The second-order valence-corrected chi connectivity index (χ2v) is 4.47. The minimum absolute atomic E-state index is 0.168. The molecule has 0 atom stereocenters. The van der Waals surface area contributed by atoms with Gasteiger partial charge >= 0.3 is 0 Å². The number of benzene rings is 1. The van der Waals surface area contributed by atoms with Crippen LogP contribution in [0.2, 0.25) is 5.02 Å². The van der Waals surface area contributed by atoms with Crippen molar-refractivity contribution in [1.29, 1.82) is 0 Å². The third-order valence-corrected chi connectivity index (χ3v) is 2.47. The van der Waals surface area contributed by atoms with E-state index in [-0.39, 0.29) is 5.54 Å². The topological polar surface area (TPSA) is 47.3 Å². The summed E-state index contributed by atoms with van der Waals surface area (Å²) in [7, 11) is 1.61. The van der Waals surface area contributed by atoms with Gasteiger partial charge in [0.15, 0.2) is 0 Å². The number of nitrogens with one attached hydrogen (secondary N) is 1. The highest BCUT2D eigenvalue weighted by molar-refractivity contribution is 6.33. The Hall–Kier alpha value is -0.930. The van der Waals surface area contributed by atoms with Crippen LogP contribution in [0, 0.1) is 0 Å². The smallest absolute Gasteiger partial charge is 0.120 e. The molecular weight excluding hydrogens is 212 g/mol. The van der Waals surface area contributed by atoms with E-state index in [4.69, 9.17) is 22.1 Å². The van der Waals surface area contributed by atoms with E-state index in [1.54, 1.807) is 13.2 Å². The van der Waals surface area contributed by atoms with Gasteiger partial charge in [-0.15, -0.1) is 0 Å². The van der Waals surface area contributed by atoms with Crippen LogP contribution in [0.15, 0.2) is 18.2 Å². The Morgan fingerprint density at radius 2 is 2.13 bits per heavy atom. The summed E-state index contributed by atoms with van der Waals surface area (Å²) < 4.78 is 5.07. The largest absolute Gasteiger partial charge is 0.497 e. The number of hydrogen-bond donors (Lipinski definition) is 2. The molecule has 0 heterocycles. The van der Waals surface area contributed by atoms with Gasteiger partial charge in [-0.05, 0) is 26.0 Å². The summed E-state index contributed by atoms with van der Waals surface area (Å²) in [5, 5.41) is 3.91. The third-order valence-electron chi connectivity index (χ3n) is 2.16. The van der Waals surface area contributed by atoms with Gasteiger partial charge in [0, 0.05) is 18.2 Å². The van der Waals surface area contributed by atoms with Gasteiger partial charge < -0.3 is 15.8 Å². The molecule has 1 aromatic carbocycles. The SMILES string of the molecule is COc1ccc(NC(C)(C)CN)c(Cl)c1. The molecule has 3 nitrogen and oxygen atoms in total. The summed E-state index contributed by atoms with van der Waals surface area (Å²) in [6.45, 7) is 4.58. The van der Waals surface area contributed by atoms with Gasteiger partial charge in [0.05, 0.1) is 17.8 Å². The maximum absolute atomic E-state index is 6.09. The molecule has 0 aliphatic rings. The minimum atomic E-state index is -0.168. The quantitative estimate of drug-likeness (QED) is 0.833. The number of nitrogens with two attached hydrogens (primary N) is 1. The normalized spacial score (nSPS) is 11.3. The Kier molecular flexibility index (Phi) is 3.83. The molecule has 84 valence electrons. The Labute approximate surface area is 95.6 Å². The molecule has 0 saturated carbocycles. The van der Waals surface area contributed by atoms with Crippen LogP contribution in [0.4, 0.5) is 5.69 Å². The molecule has 0 bridgehead atoms. The molecule has 0 aliphatic carbocycles. The van der Waals surface area contributed by atoms with E-state index in [9.17, 15) is 0 Å². The zero-order valence-corrected chi connectivity index (χ0v) is 10.1. The van der Waals surface area contributed by atoms with E-state index in [2.05, 4.69) is 5.32 Å². The summed E-state index contributed by atoms with van der Waals surface area (Å²) in [5.41, 5.74) is 6.33. The average Bonchev–Trinajstić information content (AvgIpc) is 2.21. The van der Waals surface area contributed by atoms with Crippen LogP contribution in [-0.4, -0.2) is 19.2 Å². The number of methoxy groups -OCH3 is 1. The van der Waals surface area contributed by atoms with Crippen molar-refractivity contribution in [1.82, 2.24) is 0 Å².